The van der Waals surface area contributed by atoms with E-state index in [1.54, 1.807) is 11.8 Å². The van der Waals surface area contributed by atoms with Crippen LogP contribution in [0.15, 0.2) is 0 Å². The molecule has 2 aliphatic rings. The zero-order valence-electron chi connectivity index (χ0n) is 15.9. The van der Waals surface area contributed by atoms with E-state index < -0.39 is 6.10 Å². The van der Waals surface area contributed by atoms with Crippen LogP contribution in [0, 0.1) is 0 Å². The summed E-state index contributed by atoms with van der Waals surface area (Å²) in [4.78, 5) is 27.6. The van der Waals surface area contributed by atoms with Gasteiger partial charge in [-0.3, -0.25) is 4.79 Å². The van der Waals surface area contributed by atoms with Gasteiger partial charge in [0.2, 0.25) is 5.95 Å². The van der Waals surface area contributed by atoms with Crippen molar-refractivity contribution in [2.75, 3.05) is 43.5 Å². The molecule has 1 aromatic rings. The van der Waals surface area contributed by atoms with Crippen molar-refractivity contribution in [3.8, 4) is 0 Å². The van der Waals surface area contributed by atoms with Crippen LogP contribution in [-0.2, 0) is 17.8 Å². The van der Waals surface area contributed by atoms with Crippen LogP contribution in [0.1, 0.15) is 37.4 Å². The summed E-state index contributed by atoms with van der Waals surface area (Å²) in [6.07, 6.45) is 1.29. The van der Waals surface area contributed by atoms with Gasteiger partial charge in [-0.25, -0.2) is 4.98 Å². The molecule has 0 saturated carbocycles. The average Bonchev–Trinajstić information content (AvgIpc) is 2.66. The molecule has 0 radical (unpaired) electrons. The summed E-state index contributed by atoms with van der Waals surface area (Å²) < 4.78 is 0. The van der Waals surface area contributed by atoms with Crippen LogP contribution in [0.4, 0.5) is 11.8 Å². The number of hydrogen-bond donors (Lipinski definition) is 2. The molecular weight excluding hydrogens is 334 g/mol. The number of hydrogen-bond acceptors (Lipinski definition) is 7. The Kier molecular flexibility index (Phi) is 5.62. The first kappa shape index (κ1) is 18.8. The number of amides is 1. The monoisotopic (exact) mass is 363 g/mol. The lowest BCUT2D eigenvalue weighted by molar-refractivity contribution is -0.141. The third kappa shape index (κ3) is 3.76. The van der Waals surface area contributed by atoms with Gasteiger partial charge in [0.25, 0.3) is 5.91 Å². The van der Waals surface area contributed by atoms with E-state index in [4.69, 9.17) is 4.98 Å². The number of aliphatic hydroxyl groups is 2. The minimum absolute atomic E-state index is 0.227. The van der Waals surface area contributed by atoms with Gasteiger partial charge >= 0.3 is 0 Å². The molecule has 2 N–H and O–H groups in total. The Balaban J connectivity index is 1.93. The summed E-state index contributed by atoms with van der Waals surface area (Å²) in [6.45, 7) is 4.27. The van der Waals surface area contributed by atoms with E-state index in [1.807, 2.05) is 19.0 Å². The molecule has 0 spiro atoms. The van der Waals surface area contributed by atoms with Crippen LogP contribution in [0.3, 0.4) is 0 Å². The van der Waals surface area contributed by atoms with Gasteiger partial charge in [-0.15, -0.1) is 0 Å². The maximum atomic E-state index is 12.4. The van der Waals surface area contributed by atoms with Gasteiger partial charge in [0.15, 0.2) is 0 Å². The Labute approximate surface area is 154 Å². The maximum Gasteiger partial charge on any atom is 0.251 e. The average molecular weight is 363 g/mol. The molecule has 0 aromatic carbocycles. The standard InChI is InChI=1S/C18H29N5O3/c1-4-15(25)17(26)23-10-7-14-13(11-23)16(20-18(19-14)21(2)3)22-8-5-12(24)6-9-22/h12,15,24-25H,4-11H2,1-3H3/t15-/m0/s1. The molecule has 1 fully saturated rings. The molecule has 0 aliphatic carbocycles. The summed E-state index contributed by atoms with van der Waals surface area (Å²) in [5.41, 5.74) is 1.94. The van der Waals surface area contributed by atoms with E-state index >= 15 is 0 Å². The second kappa shape index (κ2) is 7.75. The van der Waals surface area contributed by atoms with Crippen molar-refractivity contribution in [1.82, 2.24) is 14.9 Å². The number of aliphatic hydroxyl groups excluding tert-OH is 2. The SMILES string of the molecule is CC[C@H](O)C(=O)N1CCc2nc(N(C)C)nc(N3CCC(O)CC3)c2C1. The van der Waals surface area contributed by atoms with Crippen LogP contribution in [0.2, 0.25) is 0 Å². The molecule has 0 unspecified atom stereocenters. The molecule has 1 atom stereocenters. The van der Waals surface area contributed by atoms with Crippen LogP contribution >= 0.6 is 0 Å². The molecule has 1 aromatic heterocycles. The Hall–Kier alpha value is -1.93. The Morgan fingerprint density at radius 1 is 1.27 bits per heavy atom. The number of carbonyl (C=O) groups is 1. The normalized spacial score (nSPS) is 19.3. The molecule has 1 amide bonds. The predicted octanol–water partition coefficient (Wildman–Crippen LogP) is 0.159. The van der Waals surface area contributed by atoms with Crippen molar-refractivity contribution in [3.63, 3.8) is 0 Å². The molecule has 8 heteroatoms. The number of anilines is 2. The fourth-order valence-electron chi connectivity index (χ4n) is 3.50. The first-order chi connectivity index (χ1) is 12.4. The molecule has 1 saturated heterocycles. The number of rotatable bonds is 4. The van der Waals surface area contributed by atoms with Gasteiger partial charge in [0.05, 0.1) is 18.3 Å². The van der Waals surface area contributed by atoms with E-state index in [1.165, 1.54) is 0 Å². The second-order valence-electron chi connectivity index (χ2n) is 7.32. The lowest BCUT2D eigenvalue weighted by Crippen LogP contribution is -2.44. The van der Waals surface area contributed by atoms with Gasteiger partial charge < -0.3 is 24.9 Å². The highest BCUT2D eigenvalue weighted by atomic mass is 16.3. The molecular formula is C18H29N5O3. The number of aromatic nitrogens is 2. The van der Waals surface area contributed by atoms with Crippen LogP contribution < -0.4 is 9.80 Å². The fraction of sp³-hybridized carbons (Fsp3) is 0.722. The highest BCUT2D eigenvalue weighted by Crippen LogP contribution is 2.30. The van der Waals surface area contributed by atoms with Gasteiger partial charge in [-0.1, -0.05) is 6.92 Å². The third-order valence-corrected chi connectivity index (χ3v) is 5.17. The summed E-state index contributed by atoms with van der Waals surface area (Å²) >= 11 is 0. The van der Waals surface area contributed by atoms with E-state index in [-0.39, 0.29) is 12.0 Å². The van der Waals surface area contributed by atoms with Crippen LogP contribution in [0.5, 0.6) is 0 Å². The predicted molar refractivity (Wildman–Crippen MR) is 99.2 cm³/mol. The van der Waals surface area contributed by atoms with Crippen molar-refractivity contribution in [3.05, 3.63) is 11.3 Å². The second-order valence-corrected chi connectivity index (χ2v) is 7.32. The Bertz CT molecular complexity index is 658. The minimum atomic E-state index is -0.952. The van der Waals surface area contributed by atoms with Crippen LogP contribution in [0.25, 0.3) is 0 Å². The maximum absolute atomic E-state index is 12.4. The number of nitrogens with zero attached hydrogens (tertiary/aromatic N) is 5. The molecule has 3 rings (SSSR count). The zero-order valence-corrected chi connectivity index (χ0v) is 15.9. The van der Waals surface area contributed by atoms with Crippen molar-refractivity contribution < 1.29 is 15.0 Å². The highest BCUT2D eigenvalue weighted by molar-refractivity contribution is 5.81. The van der Waals surface area contributed by atoms with E-state index in [9.17, 15) is 15.0 Å². The molecule has 26 heavy (non-hydrogen) atoms. The molecule has 8 nitrogen and oxygen atoms in total. The van der Waals surface area contributed by atoms with E-state index in [0.29, 0.717) is 44.7 Å². The van der Waals surface area contributed by atoms with E-state index in [0.717, 1.165) is 30.2 Å². The quantitative estimate of drug-likeness (QED) is 0.787. The molecule has 2 aliphatic heterocycles. The van der Waals surface area contributed by atoms with Gasteiger partial charge in [-0.2, -0.15) is 4.98 Å². The number of carbonyl (C=O) groups excluding carboxylic acids is 1. The summed E-state index contributed by atoms with van der Waals surface area (Å²) in [5, 5.41) is 19.7. The first-order valence-electron chi connectivity index (χ1n) is 9.37. The third-order valence-electron chi connectivity index (χ3n) is 5.17. The van der Waals surface area contributed by atoms with Gasteiger partial charge in [0.1, 0.15) is 11.9 Å². The van der Waals surface area contributed by atoms with Gasteiger partial charge in [0, 0.05) is 45.7 Å². The van der Waals surface area contributed by atoms with E-state index in [2.05, 4.69) is 9.88 Å². The van der Waals surface area contributed by atoms with Crippen molar-refractivity contribution in [1.29, 1.82) is 0 Å². The zero-order chi connectivity index (χ0) is 18.8. The largest absolute Gasteiger partial charge is 0.393 e. The van der Waals surface area contributed by atoms with Crippen LogP contribution in [-0.4, -0.2) is 76.9 Å². The summed E-state index contributed by atoms with van der Waals surface area (Å²) in [7, 11) is 3.84. The topological polar surface area (TPSA) is 93.0 Å². The Morgan fingerprint density at radius 3 is 2.58 bits per heavy atom. The van der Waals surface area contributed by atoms with Crippen molar-refractivity contribution in [2.24, 2.45) is 0 Å². The van der Waals surface area contributed by atoms with Gasteiger partial charge in [-0.05, 0) is 19.3 Å². The van der Waals surface area contributed by atoms with Crippen molar-refractivity contribution in [2.45, 2.75) is 51.4 Å². The van der Waals surface area contributed by atoms with Crippen molar-refractivity contribution >= 4 is 17.7 Å². The number of fused-ring (bicyclic) bond motifs is 1. The Morgan fingerprint density at radius 2 is 1.96 bits per heavy atom. The lowest BCUT2D eigenvalue weighted by atomic mass is 10.0. The first-order valence-corrected chi connectivity index (χ1v) is 9.37. The fourth-order valence-corrected chi connectivity index (χ4v) is 3.50. The lowest BCUT2D eigenvalue weighted by Gasteiger charge is -2.36. The molecule has 0 bridgehead atoms. The summed E-state index contributed by atoms with van der Waals surface area (Å²) in [6, 6.07) is 0. The smallest absolute Gasteiger partial charge is 0.251 e. The molecule has 3 heterocycles. The number of piperidine rings is 1. The molecule has 144 valence electrons. The highest BCUT2D eigenvalue weighted by Gasteiger charge is 2.31. The minimum Gasteiger partial charge on any atom is -0.393 e. The summed E-state index contributed by atoms with van der Waals surface area (Å²) in [5.74, 6) is 1.29.